The fraction of sp³-hybridized carbons (Fsp3) is 0.421. The molecule has 1 aliphatic carbocycles. The molecule has 0 amide bonds. The molecule has 1 heterocycles. The number of nitrogens with zero attached hydrogens (tertiary/aromatic N) is 3. The van der Waals surface area contributed by atoms with Crippen LogP contribution in [0.3, 0.4) is 0 Å². The molecule has 4 nitrogen and oxygen atoms in total. The molecule has 130 valence electrons. The highest BCUT2D eigenvalue weighted by Gasteiger charge is 2.39. The highest BCUT2D eigenvalue weighted by atomic mass is 127. The van der Waals surface area contributed by atoms with Crippen molar-refractivity contribution in [3.8, 4) is 0 Å². The number of aromatic nitrogens is 1. The van der Waals surface area contributed by atoms with Crippen LogP contribution in [-0.2, 0) is 13.6 Å². The second kappa shape index (κ2) is 8.55. The van der Waals surface area contributed by atoms with Crippen LogP contribution in [0.1, 0.15) is 30.5 Å². The fourth-order valence-electron chi connectivity index (χ4n) is 2.99. The quantitative estimate of drug-likeness (QED) is 0.440. The summed E-state index contributed by atoms with van der Waals surface area (Å²) in [6.07, 6.45) is 3.27. The van der Waals surface area contributed by atoms with Crippen molar-refractivity contribution in [2.24, 2.45) is 12.0 Å². The molecule has 1 aromatic carbocycles. The average Bonchev–Trinajstić information content (AvgIpc) is 3.22. The molecule has 0 saturated heterocycles. The number of rotatable bonds is 5. The number of nitrogens with one attached hydrogen (secondary N) is 1. The molecule has 1 aliphatic rings. The number of hydrogen-bond acceptors (Lipinski definition) is 1. The van der Waals surface area contributed by atoms with Crippen molar-refractivity contribution in [3.05, 3.63) is 59.9 Å². The van der Waals surface area contributed by atoms with E-state index in [1.54, 1.807) is 0 Å². The van der Waals surface area contributed by atoms with Gasteiger partial charge in [-0.1, -0.05) is 30.3 Å². The molecule has 1 aromatic heterocycles. The van der Waals surface area contributed by atoms with Gasteiger partial charge in [0.1, 0.15) is 0 Å². The summed E-state index contributed by atoms with van der Waals surface area (Å²) < 4.78 is 2.16. The SMILES string of the molecule is CCN=C(NC1CC1c1ccccc1)N(C)Cc1cccn1C.I. The van der Waals surface area contributed by atoms with E-state index < -0.39 is 0 Å². The van der Waals surface area contributed by atoms with Gasteiger partial charge >= 0.3 is 0 Å². The zero-order valence-electron chi connectivity index (χ0n) is 14.6. The van der Waals surface area contributed by atoms with E-state index in [9.17, 15) is 0 Å². The third-order valence-electron chi connectivity index (χ3n) is 4.45. The summed E-state index contributed by atoms with van der Waals surface area (Å²) in [6.45, 7) is 3.74. The number of hydrogen-bond donors (Lipinski definition) is 1. The van der Waals surface area contributed by atoms with Crippen molar-refractivity contribution in [3.63, 3.8) is 0 Å². The van der Waals surface area contributed by atoms with Crippen LogP contribution >= 0.6 is 24.0 Å². The van der Waals surface area contributed by atoms with Gasteiger partial charge in [-0.15, -0.1) is 24.0 Å². The topological polar surface area (TPSA) is 32.6 Å². The van der Waals surface area contributed by atoms with Gasteiger partial charge in [-0.3, -0.25) is 4.99 Å². The Labute approximate surface area is 162 Å². The zero-order chi connectivity index (χ0) is 16.2. The van der Waals surface area contributed by atoms with E-state index in [0.717, 1.165) is 19.0 Å². The molecule has 2 unspecified atom stereocenters. The van der Waals surface area contributed by atoms with E-state index in [4.69, 9.17) is 0 Å². The summed E-state index contributed by atoms with van der Waals surface area (Å²) in [5.41, 5.74) is 2.71. The van der Waals surface area contributed by atoms with Crippen LogP contribution in [0.4, 0.5) is 0 Å². The molecule has 0 bridgehead atoms. The Kier molecular flexibility index (Phi) is 6.71. The number of benzene rings is 1. The van der Waals surface area contributed by atoms with Gasteiger partial charge in [0.2, 0.25) is 0 Å². The first-order valence-electron chi connectivity index (χ1n) is 8.36. The number of aryl methyl sites for hydroxylation is 1. The van der Waals surface area contributed by atoms with Crippen LogP contribution < -0.4 is 5.32 Å². The van der Waals surface area contributed by atoms with Gasteiger partial charge in [-0.05, 0) is 31.0 Å². The Bertz CT molecular complexity index is 665. The van der Waals surface area contributed by atoms with Crippen LogP contribution in [0.2, 0.25) is 0 Å². The molecule has 24 heavy (non-hydrogen) atoms. The summed E-state index contributed by atoms with van der Waals surface area (Å²) in [6, 6.07) is 15.5. The van der Waals surface area contributed by atoms with Crippen molar-refractivity contribution in [2.45, 2.75) is 31.8 Å². The van der Waals surface area contributed by atoms with Gasteiger partial charge in [0, 0.05) is 44.5 Å². The lowest BCUT2D eigenvalue weighted by Crippen LogP contribution is -2.40. The molecule has 0 radical (unpaired) electrons. The van der Waals surface area contributed by atoms with Crippen LogP contribution in [0, 0.1) is 0 Å². The van der Waals surface area contributed by atoms with Crippen LogP contribution in [0.5, 0.6) is 0 Å². The summed E-state index contributed by atoms with van der Waals surface area (Å²) in [4.78, 5) is 6.87. The first-order chi connectivity index (χ1) is 11.2. The van der Waals surface area contributed by atoms with E-state index in [1.165, 1.54) is 17.7 Å². The number of guanidine groups is 1. The van der Waals surface area contributed by atoms with Gasteiger partial charge in [0.05, 0.1) is 6.54 Å². The van der Waals surface area contributed by atoms with E-state index in [1.807, 2.05) is 0 Å². The van der Waals surface area contributed by atoms with Crippen molar-refractivity contribution in [2.75, 3.05) is 13.6 Å². The molecule has 2 atom stereocenters. The van der Waals surface area contributed by atoms with Crippen LogP contribution in [0.15, 0.2) is 53.7 Å². The molecule has 1 saturated carbocycles. The smallest absolute Gasteiger partial charge is 0.194 e. The Hall–Kier alpha value is -1.50. The molecule has 5 heteroatoms. The lowest BCUT2D eigenvalue weighted by molar-refractivity contribution is 0.459. The predicted octanol–water partition coefficient (Wildman–Crippen LogP) is 3.60. The minimum atomic E-state index is 0. The normalized spacial score (nSPS) is 19.5. The largest absolute Gasteiger partial charge is 0.353 e. The lowest BCUT2D eigenvalue weighted by Gasteiger charge is -2.23. The second-order valence-corrected chi connectivity index (χ2v) is 6.27. The molecule has 3 rings (SSSR count). The highest BCUT2D eigenvalue weighted by molar-refractivity contribution is 14.0. The number of halogens is 1. The first kappa shape index (κ1) is 18.8. The Balaban J connectivity index is 0.00000208. The highest BCUT2D eigenvalue weighted by Crippen LogP contribution is 2.40. The van der Waals surface area contributed by atoms with Gasteiger partial charge in [-0.25, -0.2) is 0 Å². The van der Waals surface area contributed by atoms with Crippen LogP contribution in [-0.4, -0.2) is 35.1 Å². The standard InChI is InChI=1S/C19H26N4.HI/c1-4-20-19(23(3)14-16-11-8-12-22(16)2)21-18-13-17(18)15-9-6-5-7-10-15;/h5-12,17-18H,4,13-14H2,1-3H3,(H,20,21);1H. The first-order valence-corrected chi connectivity index (χ1v) is 8.36. The minimum Gasteiger partial charge on any atom is -0.353 e. The van der Waals surface area contributed by atoms with Gasteiger partial charge in [0.25, 0.3) is 0 Å². The van der Waals surface area contributed by atoms with Gasteiger partial charge in [-0.2, -0.15) is 0 Å². The molecular formula is C19H27IN4. The zero-order valence-corrected chi connectivity index (χ0v) is 17.0. The fourth-order valence-corrected chi connectivity index (χ4v) is 2.99. The maximum atomic E-state index is 4.66. The molecule has 0 aliphatic heterocycles. The molecule has 2 aromatic rings. The Morgan fingerprint density at radius 3 is 2.62 bits per heavy atom. The summed E-state index contributed by atoms with van der Waals surface area (Å²) in [5, 5.41) is 3.64. The Morgan fingerprint density at radius 2 is 2.00 bits per heavy atom. The van der Waals surface area contributed by atoms with E-state index in [0.29, 0.717) is 12.0 Å². The van der Waals surface area contributed by atoms with Crippen molar-refractivity contribution >= 4 is 29.9 Å². The third-order valence-corrected chi connectivity index (χ3v) is 4.45. The molecule has 1 fully saturated rings. The van der Waals surface area contributed by atoms with E-state index in [2.05, 4.69) is 89.5 Å². The molecular weight excluding hydrogens is 411 g/mol. The van der Waals surface area contributed by atoms with Gasteiger partial charge in [0.15, 0.2) is 5.96 Å². The molecule has 0 spiro atoms. The van der Waals surface area contributed by atoms with E-state index >= 15 is 0 Å². The van der Waals surface area contributed by atoms with Crippen molar-refractivity contribution in [1.82, 2.24) is 14.8 Å². The monoisotopic (exact) mass is 438 g/mol. The van der Waals surface area contributed by atoms with Gasteiger partial charge < -0.3 is 14.8 Å². The van der Waals surface area contributed by atoms with Crippen molar-refractivity contribution in [1.29, 1.82) is 0 Å². The summed E-state index contributed by atoms with van der Waals surface area (Å²) >= 11 is 0. The lowest BCUT2D eigenvalue weighted by atomic mass is 10.1. The second-order valence-electron chi connectivity index (χ2n) is 6.27. The average molecular weight is 438 g/mol. The molecule has 1 N–H and O–H groups in total. The summed E-state index contributed by atoms with van der Waals surface area (Å²) in [7, 11) is 4.19. The third kappa shape index (κ3) is 4.53. The minimum absolute atomic E-state index is 0. The maximum Gasteiger partial charge on any atom is 0.194 e. The Morgan fingerprint density at radius 1 is 1.25 bits per heavy atom. The predicted molar refractivity (Wildman–Crippen MR) is 111 cm³/mol. The summed E-state index contributed by atoms with van der Waals surface area (Å²) in [5.74, 6) is 1.61. The van der Waals surface area contributed by atoms with Crippen LogP contribution in [0.25, 0.3) is 0 Å². The number of aliphatic imine (C=N–C) groups is 1. The van der Waals surface area contributed by atoms with Crippen molar-refractivity contribution < 1.29 is 0 Å². The van der Waals surface area contributed by atoms with E-state index in [-0.39, 0.29) is 24.0 Å². The maximum absolute atomic E-state index is 4.66.